The van der Waals surface area contributed by atoms with Gasteiger partial charge in [-0.25, -0.2) is 4.79 Å². The molecule has 164 valence electrons. The van der Waals surface area contributed by atoms with Gasteiger partial charge in [-0.05, 0) is 11.1 Å². The summed E-state index contributed by atoms with van der Waals surface area (Å²) >= 11 is 0. The number of hydrogen-bond donors (Lipinski definition) is 1. The highest BCUT2D eigenvalue weighted by molar-refractivity contribution is 5.73. The van der Waals surface area contributed by atoms with Crippen LogP contribution in [-0.4, -0.2) is 49.3 Å². The molecule has 2 aromatic rings. The SMILES string of the molecule is CC(=O)NC1[C@@H](OCc2ccccc2)O[C@H]([C@H]2COC(=O)O2)[C@H]1OCc1ccccc1. The number of amides is 1. The van der Waals surface area contributed by atoms with Crippen LogP contribution in [0.15, 0.2) is 60.7 Å². The Kier molecular flexibility index (Phi) is 6.81. The summed E-state index contributed by atoms with van der Waals surface area (Å²) in [5.74, 6) is -0.240. The third kappa shape index (κ3) is 5.41. The van der Waals surface area contributed by atoms with Crippen LogP contribution in [0, 0.1) is 0 Å². The van der Waals surface area contributed by atoms with E-state index in [0.29, 0.717) is 13.2 Å². The molecule has 1 amide bonds. The van der Waals surface area contributed by atoms with Gasteiger partial charge in [0.1, 0.15) is 24.9 Å². The number of cyclic esters (lactones) is 2. The summed E-state index contributed by atoms with van der Waals surface area (Å²) in [5, 5.41) is 2.88. The Morgan fingerprint density at radius 1 is 1.00 bits per heavy atom. The summed E-state index contributed by atoms with van der Waals surface area (Å²) < 4.78 is 28.5. The normalized spacial score (nSPS) is 27.5. The molecule has 0 bridgehead atoms. The van der Waals surface area contributed by atoms with E-state index in [4.69, 9.17) is 23.7 Å². The van der Waals surface area contributed by atoms with Crippen molar-refractivity contribution in [1.29, 1.82) is 0 Å². The second kappa shape index (κ2) is 9.91. The molecule has 4 rings (SSSR count). The van der Waals surface area contributed by atoms with Gasteiger partial charge in [0.25, 0.3) is 0 Å². The average molecular weight is 427 g/mol. The zero-order valence-corrected chi connectivity index (χ0v) is 17.1. The van der Waals surface area contributed by atoms with Crippen LogP contribution in [-0.2, 0) is 41.7 Å². The first-order chi connectivity index (χ1) is 15.1. The van der Waals surface area contributed by atoms with Crippen LogP contribution in [0.5, 0.6) is 0 Å². The molecule has 8 heteroatoms. The standard InChI is InChI=1S/C23H25NO7/c1-15(25)24-19-21(27-12-16-8-4-2-5-9-16)20(18-14-29-23(26)30-18)31-22(19)28-13-17-10-6-3-7-11-17/h2-11,18-22H,12-14H2,1H3,(H,24,25)/t18-,19?,20-,21+,22+/m1/s1. The van der Waals surface area contributed by atoms with Crippen LogP contribution >= 0.6 is 0 Å². The van der Waals surface area contributed by atoms with Gasteiger partial charge in [0.2, 0.25) is 5.91 Å². The summed E-state index contributed by atoms with van der Waals surface area (Å²) in [4.78, 5) is 23.4. The molecule has 31 heavy (non-hydrogen) atoms. The maximum Gasteiger partial charge on any atom is 0.508 e. The van der Waals surface area contributed by atoms with E-state index in [9.17, 15) is 9.59 Å². The summed E-state index contributed by atoms with van der Waals surface area (Å²) in [6.07, 6.45) is -3.46. The molecular weight excluding hydrogens is 402 g/mol. The fourth-order valence-electron chi connectivity index (χ4n) is 3.72. The highest BCUT2D eigenvalue weighted by Crippen LogP contribution is 2.31. The summed E-state index contributed by atoms with van der Waals surface area (Å²) in [5.41, 5.74) is 1.93. The molecule has 2 saturated heterocycles. The van der Waals surface area contributed by atoms with E-state index in [1.807, 2.05) is 60.7 Å². The Labute approximate surface area is 180 Å². The minimum Gasteiger partial charge on any atom is -0.430 e. The first-order valence-corrected chi connectivity index (χ1v) is 10.2. The maximum atomic E-state index is 11.9. The van der Waals surface area contributed by atoms with E-state index < -0.39 is 36.8 Å². The van der Waals surface area contributed by atoms with Crippen molar-refractivity contribution >= 4 is 12.1 Å². The van der Waals surface area contributed by atoms with Crippen molar-refractivity contribution in [1.82, 2.24) is 5.32 Å². The molecule has 0 spiro atoms. The van der Waals surface area contributed by atoms with E-state index in [1.165, 1.54) is 6.92 Å². The molecule has 2 heterocycles. The Morgan fingerprint density at radius 3 is 2.16 bits per heavy atom. The number of benzene rings is 2. The number of nitrogens with one attached hydrogen (secondary N) is 1. The molecule has 2 aromatic carbocycles. The van der Waals surface area contributed by atoms with Crippen molar-refractivity contribution in [3.8, 4) is 0 Å². The Balaban J connectivity index is 1.52. The summed E-state index contributed by atoms with van der Waals surface area (Å²) in [7, 11) is 0. The molecule has 0 aromatic heterocycles. The molecule has 0 aliphatic carbocycles. The number of rotatable bonds is 8. The van der Waals surface area contributed by atoms with Gasteiger partial charge >= 0.3 is 6.16 Å². The lowest BCUT2D eigenvalue weighted by Gasteiger charge is -2.26. The second-order valence-corrected chi connectivity index (χ2v) is 7.47. The molecule has 8 nitrogen and oxygen atoms in total. The average Bonchev–Trinajstić information content (AvgIpc) is 3.35. The monoisotopic (exact) mass is 427 g/mol. The zero-order valence-electron chi connectivity index (χ0n) is 17.1. The summed E-state index contributed by atoms with van der Waals surface area (Å²) in [6.45, 7) is 2.07. The van der Waals surface area contributed by atoms with Gasteiger partial charge in [-0.2, -0.15) is 0 Å². The van der Waals surface area contributed by atoms with Crippen molar-refractivity contribution in [3.05, 3.63) is 71.8 Å². The lowest BCUT2D eigenvalue weighted by atomic mass is 10.0. The molecule has 2 aliphatic rings. The largest absolute Gasteiger partial charge is 0.508 e. The van der Waals surface area contributed by atoms with Gasteiger partial charge in [-0.1, -0.05) is 60.7 Å². The van der Waals surface area contributed by atoms with Crippen LogP contribution in [0.25, 0.3) is 0 Å². The third-order valence-electron chi connectivity index (χ3n) is 5.15. The first-order valence-electron chi connectivity index (χ1n) is 10.2. The maximum absolute atomic E-state index is 11.9. The Morgan fingerprint density at radius 2 is 1.61 bits per heavy atom. The van der Waals surface area contributed by atoms with Crippen LogP contribution in [0.4, 0.5) is 4.79 Å². The Hall–Kier alpha value is -2.94. The van der Waals surface area contributed by atoms with Gasteiger partial charge in [0.05, 0.1) is 13.2 Å². The number of hydrogen-bond acceptors (Lipinski definition) is 7. The molecule has 1 unspecified atom stereocenters. The second-order valence-electron chi connectivity index (χ2n) is 7.47. The van der Waals surface area contributed by atoms with Crippen LogP contribution < -0.4 is 5.32 Å². The molecule has 2 fully saturated rings. The van der Waals surface area contributed by atoms with Crippen LogP contribution in [0.3, 0.4) is 0 Å². The number of carbonyl (C=O) groups is 2. The zero-order chi connectivity index (χ0) is 21.6. The Bertz CT molecular complexity index is 876. The molecule has 2 aliphatic heterocycles. The molecular formula is C23H25NO7. The van der Waals surface area contributed by atoms with Crippen molar-refractivity contribution in [2.75, 3.05) is 6.61 Å². The van der Waals surface area contributed by atoms with Crippen molar-refractivity contribution < 1.29 is 33.3 Å². The van der Waals surface area contributed by atoms with E-state index in [1.54, 1.807) is 0 Å². The topological polar surface area (TPSA) is 92.3 Å². The molecule has 5 atom stereocenters. The van der Waals surface area contributed by atoms with Crippen molar-refractivity contribution in [3.63, 3.8) is 0 Å². The highest BCUT2D eigenvalue weighted by Gasteiger charge is 2.52. The van der Waals surface area contributed by atoms with Gasteiger partial charge < -0.3 is 29.0 Å². The van der Waals surface area contributed by atoms with E-state index in [2.05, 4.69) is 5.32 Å². The minimum atomic E-state index is -0.783. The van der Waals surface area contributed by atoms with Gasteiger partial charge in [-0.15, -0.1) is 0 Å². The first kappa shape index (κ1) is 21.3. The fourth-order valence-corrected chi connectivity index (χ4v) is 3.72. The minimum absolute atomic E-state index is 0.0485. The smallest absolute Gasteiger partial charge is 0.430 e. The predicted molar refractivity (Wildman–Crippen MR) is 109 cm³/mol. The van der Waals surface area contributed by atoms with E-state index >= 15 is 0 Å². The molecule has 0 saturated carbocycles. The van der Waals surface area contributed by atoms with E-state index in [-0.39, 0.29) is 12.5 Å². The van der Waals surface area contributed by atoms with Crippen LogP contribution in [0.2, 0.25) is 0 Å². The molecule has 0 radical (unpaired) electrons. The predicted octanol–water partition coefficient (Wildman–Crippen LogP) is 2.55. The lowest BCUT2D eigenvalue weighted by molar-refractivity contribution is -0.167. The highest BCUT2D eigenvalue weighted by atomic mass is 16.8. The number of carbonyl (C=O) groups excluding carboxylic acids is 2. The van der Waals surface area contributed by atoms with Gasteiger partial charge in [-0.3, -0.25) is 4.79 Å². The van der Waals surface area contributed by atoms with Crippen molar-refractivity contribution in [2.45, 2.75) is 50.8 Å². The molecule has 1 N–H and O–H groups in total. The van der Waals surface area contributed by atoms with Crippen molar-refractivity contribution in [2.24, 2.45) is 0 Å². The quantitative estimate of drug-likeness (QED) is 0.647. The lowest BCUT2D eigenvalue weighted by Crippen LogP contribution is -2.50. The van der Waals surface area contributed by atoms with Crippen LogP contribution in [0.1, 0.15) is 18.1 Å². The summed E-state index contributed by atoms with van der Waals surface area (Å²) in [6, 6.07) is 18.7. The van der Waals surface area contributed by atoms with E-state index in [0.717, 1.165) is 11.1 Å². The van der Waals surface area contributed by atoms with Gasteiger partial charge in [0, 0.05) is 6.92 Å². The fraction of sp³-hybridized carbons (Fsp3) is 0.391. The van der Waals surface area contributed by atoms with Gasteiger partial charge in [0.15, 0.2) is 12.4 Å². The number of ether oxygens (including phenoxy) is 5. The third-order valence-corrected chi connectivity index (χ3v) is 5.15.